The van der Waals surface area contributed by atoms with Gasteiger partial charge in [-0.1, -0.05) is 0 Å². The highest BCUT2D eigenvalue weighted by atomic mass is 16.6. The molecule has 4 atom stereocenters. The minimum Gasteiger partial charge on any atom is -0.480 e. The van der Waals surface area contributed by atoms with Gasteiger partial charge in [-0.2, -0.15) is 0 Å². The van der Waals surface area contributed by atoms with Gasteiger partial charge in [-0.25, -0.2) is 9.97 Å². The maximum atomic E-state index is 10.3. The van der Waals surface area contributed by atoms with E-state index >= 15 is 0 Å². The summed E-state index contributed by atoms with van der Waals surface area (Å²) in [6.45, 7) is -0.402. The second-order valence-corrected chi connectivity index (χ2v) is 5.32. The normalized spacial score (nSPS) is 28.0. The zero-order valence-electron chi connectivity index (χ0n) is 12.2. The molecule has 3 aromatic rings. The Labute approximate surface area is 129 Å². The predicted octanol–water partition coefficient (Wildman–Crippen LogP) is -0.202. The number of rotatable bonds is 3. The summed E-state index contributed by atoms with van der Waals surface area (Å²) in [4.78, 5) is 8.29. The minimum atomic E-state index is -1.22. The van der Waals surface area contributed by atoms with Crippen molar-refractivity contribution in [3.8, 4) is 5.88 Å². The molecule has 4 unspecified atom stereocenters. The molecule has 3 aromatic heterocycles. The molecule has 0 spiro atoms. The van der Waals surface area contributed by atoms with Crippen LogP contribution < -0.4 is 4.74 Å². The monoisotopic (exact) mass is 321 g/mol. The number of methoxy groups -OCH3 is 1. The fraction of sp³-hybridized carbons (Fsp3) is 0.429. The van der Waals surface area contributed by atoms with Gasteiger partial charge in [-0.05, 0) is 0 Å². The Morgan fingerprint density at radius 1 is 1.30 bits per heavy atom. The predicted molar refractivity (Wildman–Crippen MR) is 76.9 cm³/mol. The molecule has 1 aliphatic heterocycles. The lowest BCUT2D eigenvalue weighted by Gasteiger charge is -2.18. The van der Waals surface area contributed by atoms with Crippen LogP contribution in [0.2, 0.25) is 0 Å². The molecule has 0 aromatic carbocycles. The van der Waals surface area contributed by atoms with E-state index in [9.17, 15) is 15.3 Å². The molecule has 1 fully saturated rings. The van der Waals surface area contributed by atoms with Gasteiger partial charge in [0, 0.05) is 6.07 Å². The molecule has 0 saturated carbocycles. The van der Waals surface area contributed by atoms with Gasteiger partial charge < -0.3 is 29.2 Å². The van der Waals surface area contributed by atoms with Crippen LogP contribution >= 0.6 is 0 Å². The fourth-order valence-corrected chi connectivity index (χ4v) is 3.04. The van der Waals surface area contributed by atoms with E-state index in [2.05, 4.69) is 9.97 Å². The Kier molecular flexibility index (Phi) is 3.23. The fourth-order valence-electron chi connectivity index (χ4n) is 3.04. The first-order valence-corrected chi connectivity index (χ1v) is 7.06. The Morgan fingerprint density at radius 3 is 2.83 bits per heavy atom. The summed E-state index contributed by atoms with van der Waals surface area (Å²) in [5.74, 6) is 0.334. The lowest BCUT2D eigenvalue weighted by molar-refractivity contribution is -0.0489. The van der Waals surface area contributed by atoms with Crippen molar-refractivity contribution in [2.45, 2.75) is 24.5 Å². The summed E-state index contributed by atoms with van der Waals surface area (Å²) in [5.41, 5.74) is 1.56. The molecule has 3 N–H and O–H groups in total. The lowest BCUT2D eigenvalue weighted by atomic mass is 10.1. The van der Waals surface area contributed by atoms with Crippen molar-refractivity contribution in [3.05, 3.63) is 18.7 Å². The van der Waals surface area contributed by atoms with Crippen LogP contribution in [0.3, 0.4) is 0 Å². The van der Waals surface area contributed by atoms with E-state index in [1.807, 2.05) is 0 Å². The van der Waals surface area contributed by atoms with Crippen LogP contribution in [0.15, 0.2) is 23.1 Å². The first kappa shape index (κ1) is 14.4. The standard InChI is InChI=1S/C14H15N3O6/c1-21-13-8-11-6(2-3-22-11)17(12(8)15-5-16-13)14-10(20)9(19)7(4-18)23-14/h2-3,5,7,9-10,14,18-20H,4H2,1H3. The minimum absolute atomic E-state index is 0.334. The third kappa shape index (κ3) is 1.88. The summed E-state index contributed by atoms with van der Waals surface area (Å²) in [5, 5.41) is 30.1. The van der Waals surface area contributed by atoms with Crippen LogP contribution in [-0.4, -0.2) is 61.9 Å². The van der Waals surface area contributed by atoms with E-state index in [0.717, 1.165) is 0 Å². The van der Waals surface area contributed by atoms with Gasteiger partial charge in [-0.15, -0.1) is 0 Å². The number of hydrogen-bond donors (Lipinski definition) is 3. The van der Waals surface area contributed by atoms with Crippen molar-refractivity contribution in [2.75, 3.05) is 13.7 Å². The number of nitrogens with zero attached hydrogens (tertiary/aromatic N) is 3. The molecule has 0 amide bonds. The number of fused-ring (bicyclic) bond motifs is 3. The highest BCUT2D eigenvalue weighted by Gasteiger charge is 2.44. The SMILES string of the molecule is COc1ncnc2c1c1occc1n2C1OC(CO)C(O)C1O. The molecular weight excluding hydrogens is 306 g/mol. The Bertz CT molecular complexity index is 859. The number of aromatic nitrogens is 3. The van der Waals surface area contributed by atoms with E-state index in [4.69, 9.17) is 13.9 Å². The molecule has 0 radical (unpaired) electrons. The Hall–Kier alpha value is -2.20. The van der Waals surface area contributed by atoms with Gasteiger partial charge in [0.05, 0.1) is 25.5 Å². The average Bonchev–Trinajstić information content (AvgIpc) is 3.22. The Morgan fingerprint density at radius 2 is 2.13 bits per heavy atom. The molecule has 0 aliphatic carbocycles. The molecular formula is C14H15N3O6. The quantitative estimate of drug-likeness (QED) is 0.606. The van der Waals surface area contributed by atoms with Crippen LogP contribution in [0.5, 0.6) is 5.88 Å². The average molecular weight is 321 g/mol. The first-order valence-electron chi connectivity index (χ1n) is 7.06. The number of ether oxygens (including phenoxy) is 2. The van der Waals surface area contributed by atoms with Crippen LogP contribution in [0, 0.1) is 0 Å². The number of hydrogen-bond acceptors (Lipinski definition) is 8. The molecule has 4 rings (SSSR count). The highest BCUT2D eigenvalue weighted by Crippen LogP contribution is 2.39. The van der Waals surface area contributed by atoms with Crippen molar-refractivity contribution in [1.29, 1.82) is 0 Å². The maximum absolute atomic E-state index is 10.3. The van der Waals surface area contributed by atoms with Crippen LogP contribution in [0.1, 0.15) is 6.23 Å². The molecule has 0 bridgehead atoms. The third-order valence-corrected chi connectivity index (χ3v) is 4.12. The van der Waals surface area contributed by atoms with E-state index in [1.165, 1.54) is 19.7 Å². The lowest BCUT2D eigenvalue weighted by Crippen LogP contribution is -2.33. The summed E-state index contributed by atoms with van der Waals surface area (Å²) in [6, 6.07) is 1.70. The zero-order chi connectivity index (χ0) is 16.1. The third-order valence-electron chi connectivity index (χ3n) is 4.12. The second-order valence-electron chi connectivity index (χ2n) is 5.32. The molecule has 9 heteroatoms. The number of furan rings is 1. The van der Waals surface area contributed by atoms with E-state index in [1.54, 1.807) is 10.6 Å². The van der Waals surface area contributed by atoms with Crippen molar-refractivity contribution in [2.24, 2.45) is 0 Å². The summed E-state index contributed by atoms with van der Waals surface area (Å²) in [6.07, 6.45) is -1.39. The molecule has 1 aliphatic rings. The molecule has 1 saturated heterocycles. The van der Waals surface area contributed by atoms with Gasteiger partial charge in [0.1, 0.15) is 30.0 Å². The van der Waals surface area contributed by atoms with Crippen molar-refractivity contribution in [3.63, 3.8) is 0 Å². The van der Waals surface area contributed by atoms with Crippen molar-refractivity contribution < 1.29 is 29.2 Å². The smallest absolute Gasteiger partial charge is 0.229 e. The second kappa shape index (κ2) is 5.17. The summed E-state index contributed by atoms with van der Waals surface area (Å²) >= 11 is 0. The molecule has 4 heterocycles. The van der Waals surface area contributed by atoms with E-state index < -0.39 is 31.1 Å². The van der Waals surface area contributed by atoms with Crippen LogP contribution in [0.4, 0.5) is 0 Å². The summed E-state index contributed by atoms with van der Waals surface area (Å²) in [7, 11) is 1.49. The van der Waals surface area contributed by atoms with E-state index in [0.29, 0.717) is 28.0 Å². The van der Waals surface area contributed by atoms with Crippen LogP contribution in [0.25, 0.3) is 22.1 Å². The van der Waals surface area contributed by atoms with E-state index in [-0.39, 0.29) is 0 Å². The maximum Gasteiger partial charge on any atom is 0.229 e. The van der Waals surface area contributed by atoms with Gasteiger partial charge >= 0.3 is 0 Å². The van der Waals surface area contributed by atoms with Crippen molar-refractivity contribution in [1.82, 2.24) is 14.5 Å². The topological polar surface area (TPSA) is 123 Å². The first-order chi connectivity index (χ1) is 11.2. The van der Waals surface area contributed by atoms with Crippen LogP contribution in [-0.2, 0) is 4.74 Å². The number of aliphatic hydroxyl groups excluding tert-OH is 3. The number of aliphatic hydroxyl groups is 3. The molecule has 23 heavy (non-hydrogen) atoms. The van der Waals surface area contributed by atoms with Gasteiger partial charge in [0.2, 0.25) is 5.88 Å². The summed E-state index contributed by atoms with van der Waals surface area (Å²) < 4.78 is 18.0. The van der Waals surface area contributed by atoms with Gasteiger partial charge in [0.25, 0.3) is 0 Å². The largest absolute Gasteiger partial charge is 0.480 e. The Balaban J connectivity index is 1.97. The van der Waals surface area contributed by atoms with Crippen molar-refractivity contribution >= 4 is 22.1 Å². The highest BCUT2D eigenvalue weighted by molar-refractivity contribution is 6.06. The van der Waals surface area contributed by atoms with Gasteiger partial charge in [0.15, 0.2) is 17.5 Å². The molecule has 122 valence electrons. The molecule has 9 nitrogen and oxygen atoms in total. The van der Waals surface area contributed by atoms with Gasteiger partial charge in [-0.3, -0.25) is 4.57 Å². The zero-order valence-corrected chi connectivity index (χ0v) is 12.2.